The van der Waals surface area contributed by atoms with E-state index >= 15 is 0 Å². The van der Waals surface area contributed by atoms with Crippen LogP contribution in [0, 0.1) is 5.82 Å². The van der Waals surface area contributed by atoms with E-state index in [0.717, 1.165) is 18.4 Å². The smallest absolute Gasteiger partial charge is 0.234 e. The Labute approximate surface area is 136 Å². The van der Waals surface area contributed by atoms with Gasteiger partial charge < -0.3 is 5.32 Å². The van der Waals surface area contributed by atoms with E-state index in [9.17, 15) is 9.18 Å². The molecule has 0 aromatic heterocycles. The van der Waals surface area contributed by atoms with E-state index in [1.807, 2.05) is 13.8 Å². The summed E-state index contributed by atoms with van der Waals surface area (Å²) in [5, 5.41) is 6.64. The van der Waals surface area contributed by atoms with E-state index in [0.29, 0.717) is 11.1 Å². The zero-order chi connectivity index (χ0) is 16.2. The number of hydrogen-bond donors (Lipinski definition) is 2. The first-order valence-electron chi connectivity index (χ1n) is 7.88. The van der Waals surface area contributed by atoms with E-state index in [2.05, 4.69) is 10.6 Å². The predicted octanol–water partition coefficient (Wildman–Crippen LogP) is 3.75. The Balaban J connectivity index is 1.89. The molecule has 0 saturated heterocycles. The summed E-state index contributed by atoms with van der Waals surface area (Å²) >= 11 is 6.10. The van der Waals surface area contributed by atoms with Gasteiger partial charge >= 0.3 is 0 Å². The first kappa shape index (κ1) is 17.2. The Kier molecular flexibility index (Phi) is 5.81. The molecule has 1 saturated carbocycles. The molecule has 122 valence electrons. The monoisotopic (exact) mass is 326 g/mol. The molecule has 1 aromatic rings. The van der Waals surface area contributed by atoms with Gasteiger partial charge in [-0.05, 0) is 44.4 Å². The number of carbonyl (C=O) groups excluding carboxylic acids is 1. The van der Waals surface area contributed by atoms with Crippen molar-refractivity contribution < 1.29 is 9.18 Å². The van der Waals surface area contributed by atoms with Gasteiger partial charge in [0.15, 0.2) is 0 Å². The van der Waals surface area contributed by atoms with Crippen LogP contribution in [0.1, 0.15) is 51.5 Å². The molecule has 1 aromatic carbocycles. The number of amides is 1. The SMILES string of the molecule is CC(C)(NCC(=O)NC1CCCCC1)c1ccc(F)cc1Cl. The number of carbonyl (C=O) groups is 1. The highest BCUT2D eigenvalue weighted by atomic mass is 35.5. The zero-order valence-electron chi connectivity index (χ0n) is 13.2. The Morgan fingerprint density at radius 2 is 2.00 bits per heavy atom. The van der Waals surface area contributed by atoms with Crippen molar-refractivity contribution in [3.8, 4) is 0 Å². The van der Waals surface area contributed by atoms with E-state index in [1.54, 1.807) is 6.07 Å². The van der Waals surface area contributed by atoms with Gasteiger partial charge in [-0.3, -0.25) is 10.1 Å². The molecule has 2 rings (SSSR count). The van der Waals surface area contributed by atoms with Crippen molar-refractivity contribution in [2.45, 2.75) is 57.5 Å². The summed E-state index contributed by atoms with van der Waals surface area (Å²) < 4.78 is 13.1. The summed E-state index contributed by atoms with van der Waals surface area (Å²) in [4.78, 5) is 12.1. The highest BCUT2D eigenvalue weighted by Crippen LogP contribution is 2.28. The Bertz CT molecular complexity index is 527. The molecule has 1 amide bonds. The highest BCUT2D eigenvalue weighted by molar-refractivity contribution is 6.31. The molecule has 0 atom stereocenters. The highest BCUT2D eigenvalue weighted by Gasteiger charge is 2.24. The lowest BCUT2D eigenvalue weighted by atomic mass is 9.94. The van der Waals surface area contributed by atoms with Crippen molar-refractivity contribution in [2.24, 2.45) is 0 Å². The first-order valence-corrected chi connectivity index (χ1v) is 8.26. The third-order valence-electron chi connectivity index (χ3n) is 4.27. The minimum absolute atomic E-state index is 0.00166. The van der Waals surface area contributed by atoms with Crippen molar-refractivity contribution >= 4 is 17.5 Å². The van der Waals surface area contributed by atoms with Crippen LogP contribution in [0.25, 0.3) is 0 Å². The summed E-state index contributed by atoms with van der Waals surface area (Å²) in [5.41, 5.74) is 0.273. The van der Waals surface area contributed by atoms with Crippen LogP contribution in [0.2, 0.25) is 5.02 Å². The Morgan fingerprint density at radius 3 is 2.64 bits per heavy atom. The largest absolute Gasteiger partial charge is 0.352 e. The lowest BCUT2D eigenvalue weighted by Crippen LogP contribution is -2.46. The number of nitrogens with one attached hydrogen (secondary N) is 2. The van der Waals surface area contributed by atoms with Crippen LogP contribution in [0.4, 0.5) is 4.39 Å². The van der Waals surface area contributed by atoms with Gasteiger partial charge in [0.05, 0.1) is 6.54 Å². The molecular weight excluding hydrogens is 303 g/mol. The van der Waals surface area contributed by atoms with Crippen molar-refractivity contribution in [1.29, 1.82) is 0 Å². The van der Waals surface area contributed by atoms with Crippen LogP contribution in [-0.4, -0.2) is 18.5 Å². The molecule has 5 heteroatoms. The fourth-order valence-corrected chi connectivity index (χ4v) is 3.32. The second kappa shape index (κ2) is 7.42. The third-order valence-corrected chi connectivity index (χ3v) is 4.58. The number of benzene rings is 1. The van der Waals surface area contributed by atoms with Crippen molar-refractivity contribution in [2.75, 3.05) is 6.54 Å². The second-order valence-electron chi connectivity index (χ2n) is 6.51. The summed E-state index contributed by atoms with van der Waals surface area (Å²) in [5.74, 6) is -0.363. The summed E-state index contributed by atoms with van der Waals surface area (Å²) in [6, 6.07) is 4.64. The zero-order valence-corrected chi connectivity index (χ0v) is 14.0. The Morgan fingerprint density at radius 1 is 1.32 bits per heavy atom. The van der Waals surface area contributed by atoms with Crippen LogP contribution in [0.15, 0.2) is 18.2 Å². The van der Waals surface area contributed by atoms with Crippen LogP contribution in [0.3, 0.4) is 0 Å². The van der Waals surface area contributed by atoms with Crippen LogP contribution < -0.4 is 10.6 Å². The van der Waals surface area contributed by atoms with E-state index in [-0.39, 0.29) is 18.3 Å². The third kappa shape index (κ3) is 4.68. The summed E-state index contributed by atoms with van der Waals surface area (Å²) in [6.07, 6.45) is 5.78. The molecule has 22 heavy (non-hydrogen) atoms. The quantitative estimate of drug-likeness (QED) is 0.865. The van der Waals surface area contributed by atoms with Crippen molar-refractivity contribution in [1.82, 2.24) is 10.6 Å². The van der Waals surface area contributed by atoms with Gasteiger partial charge in [0, 0.05) is 16.6 Å². The van der Waals surface area contributed by atoms with Gasteiger partial charge in [-0.2, -0.15) is 0 Å². The minimum atomic E-state index is -0.505. The summed E-state index contributed by atoms with van der Waals surface area (Å²) in [6.45, 7) is 4.08. The fraction of sp³-hybridized carbons (Fsp3) is 0.588. The van der Waals surface area contributed by atoms with Gasteiger partial charge in [0.25, 0.3) is 0 Å². The van der Waals surface area contributed by atoms with Gasteiger partial charge in [-0.1, -0.05) is 36.9 Å². The molecule has 0 aliphatic heterocycles. The molecule has 2 N–H and O–H groups in total. The predicted molar refractivity (Wildman–Crippen MR) is 87.5 cm³/mol. The van der Waals surface area contributed by atoms with Crippen LogP contribution in [0.5, 0.6) is 0 Å². The lowest BCUT2D eigenvalue weighted by molar-refractivity contribution is -0.121. The first-order chi connectivity index (χ1) is 10.4. The maximum Gasteiger partial charge on any atom is 0.234 e. The number of rotatable bonds is 5. The maximum absolute atomic E-state index is 13.1. The van der Waals surface area contributed by atoms with E-state index in [1.165, 1.54) is 31.4 Å². The second-order valence-corrected chi connectivity index (χ2v) is 6.91. The van der Waals surface area contributed by atoms with Gasteiger partial charge in [-0.15, -0.1) is 0 Å². The lowest BCUT2D eigenvalue weighted by Gasteiger charge is -2.29. The maximum atomic E-state index is 13.1. The number of halogens is 2. The van der Waals surface area contributed by atoms with Crippen LogP contribution in [-0.2, 0) is 10.3 Å². The van der Waals surface area contributed by atoms with Gasteiger partial charge in [-0.25, -0.2) is 4.39 Å². The molecule has 1 aliphatic carbocycles. The van der Waals surface area contributed by atoms with Crippen LogP contribution >= 0.6 is 11.6 Å². The molecule has 0 unspecified atom stereocenters. The Hall–Kier alpha value is -1.13. The molecule has 0 bridgehead atoms. The molecule has 0 spiro atoms. The van der Waals surface area contributed by atoms with Gasteiger partial charge in [0.1, 0.15) is 5.82 Å². The molecule has 0 heterocycles. The molecule has 3 nitrogen and oxygen atoms in total. The molecular formula is C17H24ClFN2O. The summed E-state index contributed by atoms with van der Waals surface area (Å²) in [7, 11) is 0. The van der Waals surface area contributed by atoms with Crippen molar-refractivity contribution in [3.05, 3.63) is 34.6 Å². The average Bonchev–Trinajstić information content (AvgIpc) is 2.46. The van der Waals surface area contributed by atoms with E-state index < -0.39 is 5.54 Å². The molecule has 0 radical (unpaired) electrons. The minimum Gasteiger partial charge on any atom is -0.352 e. The topological polar surface area (TPSA) is 41.1 Å². The molecule has 1 aliphatic rings. The molecule has 1 fully saturated rings. The van der Waals surface area contributed by atoms with Gasteiger partial charge in [0.2, 0.25) is 5.91 Å². The average molecular weight is 327 g/mol. The standard InChI is InChI=1S/C17H24ClFN2O/c1-17(2,14-9-8-12(19)10-15(14)18)20-11-16(22)21-13-6-4-3-5-7-13/h8-10,13,20H,3-7,11H2,1-2H3,(H,21,22). The fourth-order valence-electron chi connectivity index (χ4n) is 2.92. The number of hydrogen-bond acceptors (Lipinski definition) is 2. The van der Waals surface area contributed by atoms with Crippen molar-refractivity contribution in [3.63, 3.8) is 0 Å². The normalized spacial score (nSPS) is 16.5. The van der Waals surface area contributed by atoms with E-state index in [4.69, 9.17) is 11.6 Å².